The lowest BCUT2D eigenvalue weighted by atomic mass is 9.90. The summed E-state index contributed by atoms with van der Waals surface area (Å²) in [5.41, 5.74) is 1.22. The van der Waals surface area contributed by atoms with Crippen molar-refractivity contribution < 1.29 is 9.84 Å². The van der Waals surface area contributed by atoms with Gasteiger partial charge >= 0.3 is 0 Å². The minimum absolute atomic E-state index is 0.0581. The average Bonchev–Trinajstić information content (AvgIpc) is 2.67. The van der Waals surface area contributed by atoms with Crippen LogP contribution in [0.15, 0.2) is 24.3 Å². The van der Waals surface area contributed by atoms with E-state index in [0.29, 0.717) is 5.75 Å². The predicted molar refractivity (Wildman–Crippen MR) is 63.7 cm³/mol. The van der Waals surface area contributed by atoms with Crippen LogP contribution in [0.5, 0.6) is 5.75 Å². The third-order valence-corrected chi connectivity index (χ3v) is 3.21. The first-order chi connectivity index (χ1) is 7.74. The van der Waals surface area contributed by atoms with Gasteiger partial charge in [-0.05, 0) is 43.5 Å². The molecule has 2 rings (SSSR count). The molecule has 1 aliphatic rings. The number of nitrogens with one attached hydrogen (secondary N) is 1. The average molecular weight is 221 g/mol. The fourth-order valence-electron chi connectivity index (χ4n) is 2.53. The lowest BCUT2D eigenvalue weighted by molar-refractivity contribution is 0.120. The van der Waals surface area contributed by atoms with Gasteiger partial charge < -0.3 is 15.2 Å². The molecule has 3 nitrogen and oxygen atoms in total. The van der Waals surface area contributed by atoms with Crippen molar-refractivity contribution in [2.45, 2.75) is 24.8 Å². The molecule has 88 valence electrons. The number of rotatable bonds is 4. The van der Waals surface area contributed by atoms with Crippen LogP contribution in [0.1, 0.15) is 18.4 Å². The standard InChI is InChI=1S/C13H19NO2/c1-16-10-13(6-3-7-14-13)9-11-4-2-5-12(15)8-11/h2,4-5,8,14-15H,3,6-7,9-10H2,1H3. The molecule has 0 aromatic heterocycles. The third kappa shape index (κ3) is 2.54. The Bertz CT molecular complexity index is 346. The molecule has 1 heterocycles. The van der Waals surface area contributed by atoms with E-state index in [-0.39, 0.29) is 5.54 Å². The molecule has 1 saturated heterocycles. The van der Waals surface area contributed by atoms with Crippen LogP contribution >= 0.6 is 0 Å². The minimum atomic E-state index is 0.0581. The fraction of sp³-hybridized carbons (Fsp3) is 0.538. The van der Waals surface area contributed by atoms with Crippen LogP contribution in [0, 0.1) is 0 Å². The van der Waals surface area contributed by atoms with Crippen molar-refractivity contribution in [1.82, 2.24) is 5.32 Å². The van der Waals surface area contributed by atoms with E-state index in [4.69, 9.17) is 4.74 Å². The van der Waals surface area contributed by atoms with E-state index in [1.54, 1.807) is 13.2 Å². The number of phenolic OH excluding ortho intramolecular Hbond substituents is 1. The SMILES string of the molecule is COCC1(Cc2cccc(O)c2)CCCN1. The van der Waals surface area contributed by atoms with Crippen molar-refractivity contribution in [3.05, 3.63) is 29.8 Å². The van der Waals surface area contributed by atoms with Crippen molar-refractivity contribution in [3.8, 4) is 5.75 Å². The Kier molecular flexibility index (Phi) is 3.46. The van der Waals surface area contributed by atoms with E-state index in [2.05, 4.69) is 11.4 Å². The summed E-state index contributed by atoms with van der Waals surface area (Å²) in [5.74, 6) is 0.336. The predicted octanol–water partition coefficient (Wildman–Crippen LogP) is 1.70. The van der Waals surface area contributed by atoms with E-state index in [1.807, 2.05) is 12.1 Å². The second-order valence-electron chi connectivity index (χ2n) is 4.59. The van der Waals surface area contributed by atoms with Gasteiger partial charge in [-0.2, -0.15) is 0 Å². The quantitative estimate of drug-likeness (QED) is 0.813. The highest BCUT2D eigenvalue weighted by atomic mass is 16.5. The lowest BCUT2D eigenvalue weighted by Crippen LogP contribution is -2.46. The summed E-state index contributed by atoms with van der Waals surface area (Å²) in [6.45, 7) is 1.78. The highest BCUT2D eigenvalue weighted by Crippen LogP contribution is 2.25. The van der Waals surface area contributed by atoms with Gasteiger partial charge in [0, 0.05) is 12.6 Å². The lowest BCUT2D eigenvalue weighted by Gasteiger charge is -2.29. The van der Waals surface area contributed by atoms with Crippen LogP contribution in [0.25, 0.3) is 0 Å². The molecular weight excluding hydrogens is 202 g/mol. The Balaban J connectivity index is 2.11. The number of methoxy groups -OCH3 is 1. The van der Waals surface area contributed by atoms with Crippen LogP contribution in [0.3, 0.4) is 0 Å². The van der Waals surface area contributed by atoms with Crippen LogP contribution in [0.2, 0.25) is 0 Å². The number of hydrogen-bond acceptors (Lipinski definition) is 3. The second-order valence-corrected chi connectivity index (χ2v) is 4.59. The number of hydrogen-bond donors (Lipinski definition) is 2. The number of benzene rings is 1. The maximum Gasteiger partial charge on any atom is 0.115 e. The number of phenols is 1. The Hall–Kier alpha value is -1.06. The van der Waals surface area contributed by atoms with Gasteiger partial charge in [0.1, 0.15) is 5.75 Å². The molecule has 1 aliphatic heterocycles. The molecule has 0 saturated carbocycles. The maximum atomic E-state index is 9.45. The minimum Gasteiger partial charge on any atom is -0.508 e. The summed E-state index contributed by atoms with van der Waals surface area (Å²) in [6.07, 6.45) is 3.24. The zero-order chi connectivity index (χ0) is 11.4. The zero-order valence-corrected chi connectivity index (χ0v) is 9.70. The molecule has 0 aliphatic carbocycles. The van der Waals surface area contributed by atoms with Gasteiger partial charge in [-0.15, -0.1) is 0 Å². The first kappa shape index (κ1) is 11.4. The van der Waals surface area contributed by atoms with Crippen LogP contribution < -0.4 is 5.32 Å². The van der Waals surface area contributed by atoms with Gasteiger partial charge in [0.15, 0.2) is 0 Å². The Morgan fingerprint density at radius 3 is 3.00 bits per heavy atom. The highest BCUT2D eigenvalue weighted by molar-refractivity contribution is 5.28. The normalized spacial score (nSPS) is 24.8. The monoisotopic (exact) mass is 221 g/mol. The molecule has 16 heavy (non-hydrogen) atoms. The molecule has 0 radical (unpaired) electrons. The molecule has 0 amide bonds. The molecule has 2 N–H and O–H groups in total. The second kappa shape index (κ2) is 4.85. The summed E-state index contributed by atoms with van der Waals surface area (Å²) in [6, 6.07) is 7.48. The van der Waals surface area contributed by atoms with E-state index in [9.17, 15) is 5.11 Å². The van der Waals surface area contributed by atoms with Crippen LogP contribution in [0.4, 0.5) is 0 Å². The van der Waals surface area contributed by atoms with Gasteiger partial charge in [-0.3, -0.25) is 0 Å². The van der Waals surface area contributed by atoms with Gasteiger partial charge in [-0.25, -0.2) is 0 Å². The first-order valence-electron chi connectivity index (χ1n) is 5.76. The number of ether oxygens (including phenoxy) is 1. The van der Waals surface area contributed by atoms with Crippen molar-refractivity contribution in [3.63, 3.8) is 0 Å². The summed E-state index contributed by atoms with van der Waals surface area (Å²) in [5, 5.41) is 13.0. The largest absolute Gasteiger partial charge is 0.508 e. The Morgan fingerprint density at radius 1 is 1.50 bits per heavy atom. The fourth-order valence-corrected chi connectivity index (χ4v) is 2.53. The van der Waals surface area contributed by atoms with Crippen molar-refractivity contribution in [2.75, 3.05) is 20.3 Å². The highest BCUT2D eigenvalue weighted by Gasteiger charge is 2.33. The molecule has 1 atom stereocenters. The van der Waals surface area contributed by atoms with E-state index >= 15 is 0 Å². The van der Waals surface area contributed by atoms with Gasteiger partial charge in [0.2, 0.25) is 0 Å². The molecule has 0 spiro atoms. The van der Waals surface area contributed by atoms with E-state index in [0.717, 1.165) is 31.6 Å². The van der Waals surface area contributed by atoms with Crippen molar-refractivity contribution in [2.24, 2.45) is 0 Å². The van der Waals surface area contributed by atoms with Crippen LogP contribution in [-0.2, 0) is 11.2 Å². The first-order valence-corrected chi connectivity index (χ1v) is 5.76. The molecule has 3 heteroatoms. The summed E-state index contributed by atoms with van der Waals surface area (Å²) >= 11 is 0. The maximum absolute atomic E-state index is 9.45. The number of aromatic hydroxyl groups is 1. The molecule has 1 unspecified atom stereocenters. The van der Waals surface area contributed by atoms with Crippen molar-refractivity contribution >= 4 is 0 Å². The van der Waals surface area contributed by atoms with Crippen LogP contribution in [-0.4, -0.2) is 30.9 Å². The van der Waals surface area contributed by atoms with Gasteiger partial charge in [0.25, 0.3) is 0 Å². The smallest absolute Gasteiger partial charge is 0.115 e. The molecule has 0 bridgehead atoms. The summed E-state index contributed by atoms with van der Waals surface area (Å²) < 4.78 is 5.31. The third-order valence-electron chi connectivity index (χ3n) is 3.21. The van der Waals surface area contributed by atoms with Gasteiger partial charge in [0.05, 0.1) is 6.61 Å². The van der Waals surface area contributed by atoms with Crippen molar-refractivity contribution in [1.29, 1.82) is 0 Å². The molecule has 1 fully saturated rings. The van der Waals surface area contributed by atoms with Gasteiger partial charge in [-0.1, -0.05) is 12.1 Å². The Labute approximate surface area is 96.4 Å². The van der Waals surface area contributed by atoms with E-state index < -0.39 is 0 Å². The summed E-state index contributed by atoms with van der Waals surface area (Å²) in [7, 11) is 1.74. The zero-order valence-electron chi connectivity index (χ0n) is 9.70. The molecular formula is C13H19NO2. The van der Waals surface area contributed by atoms with E-state index in [1.165, 1.54) is 6.42 Å². The Morgan fingerprint density at radius 2 is 2.38 bits per heavy atom. The molecule has 1 aromatic carbocycles. The topological polar surface area (TPSA) is 41.5 Å². The molecule has 1 aromatic rings. The summed E-state index contributed by atoms with van der Waals surface area (Å²) in [4.78, 5) is 0.